The van der Waals surface area contributed by atoms with E-state index in [1.807, 2.05) is 24.3 Å². The van der Waals surface area contributed by atoms with Crippen molar-refractivity contribution in [3.05, 3.63) is 53.0 Å². The Labute approximate surface area is 126 Å². The number of fused-ring (bicyclic) bond motifs is 1. The highest BCUT2D eigenvalue weighted by atomic mass is 16.5. The number of hydrogen-bond donors (Lipinski definition) is 2. The van der Waals surface area contributed by atoms with E-state index in [0.717, 1.165) is 11.3 Å². The maximum Gasteiger partial charge on any atom is 0.339 e. The predicted molar refractivity (Wildman–Crippen MR) is 76.9 cm³/mol. The average molecular weight is 301 g/mol. The number of para-hydroxylation sites is 1. The molecule has 22 heavy (non-hydrogen) atoms. The van der Waals surface area contributed by atoms with Crippen molar-refractivity contribution in [2.75, 3.05) is 6.61 Å². The van der Waals surface area contributed by atoms with Crippen LogP contribution in [0.5, 0.6) is 5.75 Å². The van der Waals surface area contributed by atoms with Gasteiger partial charge in [-0.2, -0.15) is 0 Å². The van der Waals surface area contributed by atoms with Crippen LogP contribution < -0.4 is 10.1 Å². The molecule has 1 atom stereocenters. The van der Waals surface area contributed by atoms with Gasteiger partial charge in [0.1, 0.15) is 35.4 Å². The van der Waals surface area contributed by atoms with Gasteiger partial charge in [-0.1, -0.05) is 18.2 Å². The molecule has 1 unspecified atom stereocenters. The molecular weight excluding hydrogens is 286 g/mol. The number of aromatic carboxylic acids is 1. The predicted octanol–water partition coefficient (Wildman–Crippen LogP) is 2.08. The Balaban J connectivity index is 1.66. The second kappa shape index (κ2) is 5.55. The van der Waals surface area contributed by atoms with E-state index in [2.05, 4.69) is 5.32 Å². The number of carboxylic acids is 1. The SMILES string of the molecule is Cc1oc(CNC(=O)C2COc3ccccc32)cc1C(=O)O. The first kappa shape index (κ1) is 14.2. The number of nitrogens with one attached hydrogen (secondary N) is 1. The van der Waals surface area contributed by atoms with Gasteiger partial charge in [-0.05, 0) is 19.1 Å². The smallest absolute Gasteiger partial charge is 0.339 e. The zero-order chi connectivity index (χ0) is 15.7. The quantitative estimate of drug-likeness (QED) is 0.902. The fraction of sp³-hybridized carbons (Fsp3) is 0.250. The lowest BCUT2D eigenvalue weighted by atomic mass is 10.0. The van der Waals surface area contributed by atoms with Crippen LogP contribution in [0.2, 0.25) is 0 Å². The summed E-state index contributed by atoms with van der Waals surface area (Å²) in [4.78, 5) is 23.2. The third-order valence-corrected chi connectivity index (χ3v) is 3.65. The van der Waals surface area contributed by atoms with Crippen LogP contribution in [0.1, 0.15) is 33.4 Å². The summed E-state index contributed by atoms with van der Waals surface area (Å²) in [6.07, 6.45) is 0. The molecule has 1 amide bonds. The molecule has 1 aliphatic heterocycles. The summed E-state index contributed by atoms with van der Waals surface area (Å²) < 4.78 is 10.8. The van der Waals surface area contributed by atoms with Crippen molar-refractivity contribution < 1.29 is 23.8 Å². The maximum atomic E-state index is 12.3. The average Bonchev–Trinajstić information content (AvgIpc) is 3.08. The molecule has 3 rings (SSSR count). The van der Waals surface area contributed by atoms with Crippen LogP contribution in [-0.4, -0.2) is 23.6 Å². The zero-order valence-corrected chi connectivity index (χ0v) is 12.0. The van der Waals surface area contributed by atoms with Crippen molar-refractivity contribution in [1.82, 2.24) is 5.32 Å². The minimum Gasteiger partial charge on any atom is -0.492 e. The Morgan fingerprint density at radius 2 is 2.14 bits per heavy atom. The van der Waals surface area contributed by atoms with Gasteiger partial charge in [-0.25, -0.2) is 4.79 Å². The van der Waals surface area contributed by atoms with Gasteiger partial charge in [-0.3, -0.25) is 4.79 Å². The summed E-state index contributed by atoms with van der Waals surface area (Å²) in [5.74, 6) is -0.106. The number of hydrogen-bond acceptors (Lipinski definition) is 4. The normalized spacial score (nSPS) is 16.0. The summed E-state index contributed by atoms with van der Waals surface area (Å²) in [6, 6.07) is 8.85. The summed E-state index contributed by atoms with van der Waals surface area (Å²) in [6.45, 7) is 2.03. The second-order valence-electron chi connectivity index (χ2n) is 5.11. The molecule has 0 saturated carbocycles. The van der Waals surface area contributed by atoms with Crippen molar-refractivity contribution in [2.45, 2.75) is 19.4 Å². The van der Waals surface area contributed by atoms with Crippen molar-refractivity contribution in [3.8, 4) is 5.75 Å². The Hall–Kier alpha value is -2.76. The Morgan fingerprint density at radius 3 is 2.86 bits per heavy atom. The molecule has 1 aromatic heterocycles. The van der Waals surface area contributed by atoms with E-state index in [9.17, 15) is 9.59 Å². The van der Waals surface area contributed by atoms with E-state index < -0.39 is 5.97 Å². The van der Waals surface area contributed by atoms with Gasteiger partial charge in [-0.15, -0.1) is 0 Å². The molecule has 6 heteroatoms. The van der Waals surface area contributed by atoms with Crippen LogP contribution in [0.15, 0.2) is 34.7 Å². The van der Waals surface area contributed by atoms with E-state index >= 15 is 0 Å². The number of benzene rings is 1. The Bertz CT molecular complexity index is 734. The van der Waals surface area contributed by atoms with Crippen LogP contribution in [0.3, 0.4) is 0 Å². The van der Waals surface area contributed by atoms with Gasteiger partial charge < -0.3 is 19.6 Å². The zero-order valence-electron chi connectivity index (χ0n) is 12.0. The molecule has 1 aromatic carbocycles. The maximum absolute atomic E-state index is 12.3. The molecule has 2 N–H and O–H groups in total. The summed E-state index contributed by atoms with van der Waals surface area (Å²) >= 11 is 0. The molecule has 0 aliphatic carbocycles. The van der Waals surface area contributed by atoms with E-state index in [-0.39, 0.29) is 23.9 Å². The van der Waals surface area contributed by atoms with Crippen LogP contribution in [-0.2, 0) is 11.3 Å². The summed E-state index contributed by atoms with van der Waals surface area (Å²) in [7, 11) is 0. The van der Waals surface area contributed by atoms with Gasteiger partial charge in [0, 0.05) is 5.56 Å². The number of amides is 1. The molecule has 0 radical (unpaired) electrons. The lowest BCUT2D eigenvalue weighted by Crippen LogP contribution is -2.29. The second-order valence-corrected chi connectivity index (χ2v) is 5.11. The first-order valence-electron chi connectivity index (χ1n) is 6.88. The number of furan rings is 1. The highest BCUT2D eigenvalue weighted by Gasteiger charge is 2.30. The van der Waals surface area contributed by atoms with Gasteiger partial charge in [0.15, 0.2) is 0 Å². The highest BCUT2D eigenvalue weighted by Crippen LogP contribution is 2.33. The molecule has 6 nitrogen and oxygen atoms in total. The molecule has 0 spiro atoms. The van der Waals surface area contributed by atoms with E-state index in [1.54, 1.807) is 6.92 Å². The highest BCUT2D eigenvalue weighted by molar-refractivity contribution is 5.89. The van der Waals surface area contributed by atoms with Gasteiger partial charge in [0.2, 0.25) is 5.91 Å². The topological polar surface area (TPSA) is 88.8 Å². The third kappa shape index (κ3) is 2.55. The van der Waals surface area contributed by atoms with Gasteiger partial charge in [0.25, 0.3) is 0 Å². The Morgan fingerprint density at radius 1 is 1.36 bits per heavy atom. The van der Waals surface area contributed by atoms with E-state index in [4.69, 9.17) is 14.3 Å². The Kier molecular flexibility index (Phi) is 3.58. The van der Waals surface area contributed by atoms with Crippen molar-refractivity contribution >= 4 is 11.9 Å². The lowest BCUT2D eigenvalue weighted by Gasteiger charge is -2.09. The van der Waals surface area contributed by atoms with E-state index in [1.165, 1.54) is 6.07 Å². The van der Waals surface area contributed by atoms with E-state index in [0.29, 0.717) is 18.1 Å². The number of ether oxygens (including phenoxy) is 1. The fourth-order valence-corrected chi connectivity index (χ4v) is 2.52. The standard InChI is InChI=1S/C16H15NO5/c1-9-12(16(19)20)6-10(22-9)7-17-15(18)13-8-21-14-5-3-2-4-11(13)14/h2-6,13H,7-8H2,1H3,(H,17,18)(H,19,20). The van der Waals surface area contributed by atoms with Crippen molar-refractivity contribution in [2.24, 2.45) is 0 Å². The molecule has 1 aliphatic rings. The minimum absolute atomic E-state index is 0.110. The molecule has 2 aromatic rings. The van der Waals surface area contributed by atoms with Gasteiger partial charge in [0.05, 0.1) is 6.54 Å². The molecule has 0 saturated heterocycles. The molecular formula is C16H15NO5. The monoisotopic (exact) mass is 301 g/mol. The third-order valence-electron chi connectivity index (χ3n) is 3.65. The fourth-order valence-electron chi connectivity index (χ4n) is 2.52. The molecule has 2 heterocycles. The summed E-state index contributed by atoms with van der Waals surface area (Å²) in [5, 5.41) is 11.7. The van der Waals surface area contributed by atoms with Crippen LogP contribution in [0.25, 0.3) is 0 Å². The number of carbonyl (C=O) groups excluding carboxylic acids is 1. The first-order valence-corrected chi connectivity index (χ1v) is 6.88. The largest absolute Gasteiger partial charge is 0.492 e. The van der Waals surface area contributed by atoms with Crippen LogP contribution >= 0.6 is 0 Å². The lowest BCUT2D eigenvalue weighted by molar-refractivity contribution is -0.123. The molecule has 114 valence electrons. The minimum atomic E-state index is -1.04. The van der Waals surface area contributed by atoms with Gasteiger partial charge >= 0.3 is 5.97 Å². The molecule has 0 fully saturated rings. The number of carbonyl (C=O) groups is 2. The number of rotatable bonds is 4. The van der Waals surface area contributed by atoms with Crippen molar-refractivity contribution in [3.63, 3.8) is 0 Å². The number of aryl methyl sites for hydroxylation is 1. The number of carboxylic acid groups (broad SMARTS) is 1. The first-order chi connectivity index (χ1) is 10.6. The summed E-state index contributed by atoms with van der Waals surface area (Å²) in [5.41, 5.74) is 0.973. The molecule has 0 bridgehead atoms. The van der Waals surface area contributed by atoms with Crippen LogP contribution in [0.4, 0.5) is 0 Å². The van der Waals surface area contributed by atoms with Crippen molar-refractivity contribution in [1.29, 1.82) is 0 Å². The van der Waals surface area contributed by atoms with Crippen LogP contribution in [0, 0.1) is 6.92 Å².